The third-order valence-corrected chi connectivity index (χ3v) is 2.91. The summed E-state index contributed by atoms with van der Waals surface area (Å²) in [7, 11) is 4.27. The Morgan fingerprint density at radius 2 is 2.08 bits per heavy atom. The summed E-state index contributed by atoms with van der Waals surface area (Å²) < 4.78 is 0. The molecule has 78 valence electrons. The second-order valence-electron chi connectivity index (χ2n) is 4.73. The van der Waals surface area contributed by atoms with Gasteiger partial charge in [-0.05, 0) is 58.8 Å². The highest BCUT2D eigenvalue weighted by Gasteiger charge is 2.19. The normalized spacial score (nSPS) is 28.6. The van der Waals surface area contributed by atoms with Crippen LogP contribution in [-0.2, 0) is 0 Å². The van der Waals surface area contributed by atoms with E-state index in [1.165, 1.54) is 38.8 Å². The molecule has 13 heavy (non-hydrogen) atoms. The van der Waals surface area contributed by atoms with Crippen molar-refractivity contribution in [1.29, 1.82) is 0 Å². The summed E-state index contributed by atoms with van der Waals surface area (Å²) in [5, 5.41) is 3.64. The summed E-state index contributed by atoms with van der Waals surface area (Å²) in [5.74, 6) is 0.950. The topological polar surface area (TPSA) is 15.3 Å². The third-order valence-electron chi connectivity index (χ3n) is 2.91. The van der Waals surface area contributed by atoms with Crippen molar-refractivity contribution in [3.8, 4) is 0 Å². The lowest BCUT2D eigenvalue weighted by Crippen LogP contribution is -2.29. The number of nitrogens with zero attached hydrogens (tertiary/aromatic N) is 1. The van der Waals surface area contributed by atoms with E-state index in [9.17, 15) is 0 Å². The number of hydrogen-bond acceptors (Lipinski definition) is 2. The first kappa shape index (κ1) is 11.0. The van der Waals surface area contributed by atoms with Crippen molar-refractivity contribution in [2.45, 2.75) is 38.6 Å². The number of rotatable bonds is 5. The van der Waals surface area contributed by atoms with Crippen LogP contribution in [0, 0.1) is 5.92 Å². The average Bonchev–Trinajstić information content (AvgIpc) is 2.45. The Morgan fingerprint density at radius 3 is 2.62 bits per heavy atom. The van der Waals surface area contributed by atoms with E-state index in [0.717, 1.165) is 12.0 Å². The van der Waals surface area contributed by atoms with E-state index >= 15 is 0 Å². The average molecular weight is 184 g/mol. The van der Waals surface area contributed by atoms with Gasteiger partial charge in [-0.25, -0.2) is 0 Å². The molecule has 1 rings (SSSR count). The molecule has 0 saturated heterocycles. The van der Waals surface area contributed by atoms with E-state index < -0.39 is 0 Å². The molecule has 2 atom stereocenters. The molecule has 2 nitrogen and oxygen atoms in total. The Bertz CT molecular complexity index is 134. The van der Waals surface area contributed by atoms with E-state index in [1.807, 2.05) is 0 Å². The van der Waals surface area contributed by atoms with Crippen LogP contribution in [0.5, 0.6) is 0 Å². The summed E-state index contributed by atoms with van der Waals surface area (Å²) in [6, 6.07) is 0.817. The van der Waals surface area contributed by atoms with Crippen molar-refractivity contribution in [3.63, 3.8) is 0 Å². The molecule has 0 aromatic heterocycles. The molecule has 0 radical (unpaired) electrons. The lowest BCUT2D eigenvalue weighted by atomic mass is 10.1. The van der Waals surface area contributed by atoms with Crippen LogP contribution >= 0.6 is 0 Å². The summed E-state index contributed by atoms with van der Waals surface area (Å²) >= 11 is 0. The van der Waals surface area contributed by atoms with Gasteiger partial charge in [-0.1, -0.05) is 6.92 Å². The van der Waals surface area contributed by atoms with Gasteiger partial charge in [0.1, 0.15) is 0 Å². The standard InChI is InChI=1S/C11H24N2/c1-10-5-6-11(9-10)12-7-4-8-13(2)3/h10-12H,4-9H2,1-3H3/t10-,11-/m1/s1. The minimum absolute atomic E-state index is 0.817. The monoisotopic (exact) mass is 184 g/mol. The minimum Gasteiger partial charge on any atom is -0.314 e. The van der Waals surface area contributed by atoms with Gasteiger partial charge in [0.05, 0.1) is 0 Å². The molecule has 1 aliphatic rings. The summed E-state index contributed by atoms with van der Waals surface area (Å²) in [4.78, 5) is 2.25. The van der Waals surface area contributed by atoms with Crippen molar-refractivity contribution >= 4 is 0 Å². The molecule has 1 N–H and O–H groups in total. The van der Waals surface area contributed by atoms with Crippen molar-refractivity contribution in [2.75, 3.05) is 27.2 Å². The minimum atomic E-state index is 0.817. The van der Waals surface area contributed by atoms with Crippen LogP contribution in [0.4, 0.5) is 0 Å². The van der Waals surface area contributed by atoms with Crippen LogP contribution in [0.25, 0.3) is 0 Å². The number of hydrogen-bond donors (Lipinski definition) is 1. The Kier molecular flexibility index (Phi) is 4.74. The summed E-state index contributed by atoms with van der Waals surface area (Å²) in [6.07, 6.45) is 5.48. The first-order chi connectivity index (χ1) is 6.18. The van der Waals surface area contributed by atoms with Gasteiger partial charge in [0.2, 0.25) is 0 Å². The van der Waals surface area contributed by atoms with E-state index in [1.54, 1.807) is 0 Å². The van der Waals surface area contributed by atoms with Crippen LogP contribution in [0.3, 0.4) is 0 Å². The highest BCUT2D eigenvalue weighted by molar-refractivity contribution is 4.77. The fraction of sp³-hybridized carbons (Fsp3) is 1.00. The second kappa shape index (κ2) is 5.61. The molecule has 0 unspecified atom stereocenters. The van der Waals surface area contributed by atoms with Crippen LogP contribution in [-0.4, -0.2) is 38.1 Å². The first-order valence-electron chi connectivity index (χ1n) is 5.56. The highest BCUT2D eigenvalue weighted by Crippen LogP contribution is 2.24. The summed E-state index contributed by atoms with van der Waals surface area (Å²) in [6.45, 7) is 4.76. The number of nitrogens with one attached hydrogen (secondary N) is 1. The summed E-state index contributed by atoms with van der Waals surface area (Å²) in [5.41, 5.74) is 0. The molecule has 0 aromatic rings. The van der Waals surface area contributed by atoms with Crippen molar-refractivity contribution in [2.24, 2.45) is 5.92 Å². The molecule has 0 heterocycles. The third kappa shape index (κ3) is 4.63. The second-order valence-corrected chi connectivity index (χ2v) is 4.73. The zero-order chi connectivity index (χ0) is 9.68. The van der Waals surface area contributed by atoms with Gasteiger partial charge in [0, 0.05) is 6.04 Å². The quantitative estimate of drug-likeness (QED) is 0.654. The Labute approximate surface area is 82.7 Å². The van der Waals surface area contributed by atoms with Gasteiger partial charge >= 0.3 is 0 Å². The van der Waals surface area contributed by atoms with Crippen molar-refractivity contribution in [1.82, 2.24) is 10.2 Å². The first-order valence-corrected chi connectivity index (χ1v) is 5.56. The molecule has 1 fully saturated rings. The fourth-order valence-electron chi connectivity index (χ4n) is 2.09. The van der Waals surface area contributed by atoms with Gasteiger partial charge in [-0.2, -0.15) is 0 Å². The molecule has 1 aliphatic carbocycles. The molecule has 0 amide bonds. The van der Waals surface area contributed by atoms with Gasteiger partial charge < -0.3 is 10.2 Å². The predicted octanol–water partition coefficient (Wildman–Crippen LogP) is 1.72. The van der Waals surface area contributed by atoms with E-state index in [2.05, 4.69) is 31.2 Å². The van der Waals surface area contributed by atoms with E-state index in [-0.39, 0.29) is 0 Å². The van der Waals surface area contributed by atoms with E-state index in [0.29, 0.717) is 0 Å². The van der Waals surface area contributed by atoms with Crippen LogP contribution < -0.4 is 5.32 Å². The molecule has 0 spiro atoms. The maximum atomic E-state index is 3.64. The van der Waals surface area contributed by atoms with Gasteiger partial charge in [-0.15, -0.1) is 0 Å². The van der Waals surface area contributed by atoms with Crippen molar-refractivity contribution < 1.29 is 0 Å². The maximum absolute atomic E-state index is 3.64. The highest BCUT2D eigenvalue weighted by atomic mass is 15.1. The van der Waals surface area contributed by atoms with Crippen LogP contribution in [0.2, 0.25) is 0 Å². The molecule has 1 saturated carbocycles. The SMILES string of the molecule is C[C@@H]1CC[C@@H](NCCCN(C)C)C1. The lowest BCUT2D eigenvalue weighted by molar-refractivity contribution is 0.385. The van der Waals surface area contributed by atoms with Gasteiger partial charge in [0.15, 0.2) is 0 Å². The largest absolute Gasteiger partial charge is 0.314 e. The van der Waals surface area contributed by atoms with Gasteiger partial charge in [0.25, 0.3) is 0 Å². The van der Waals surface area contributed by atoms with E-state index in [4.69, 9.17) is 0 Å². The molecular formula is C11H24N2. The molecule has 0 aromatic carbocycles. The maximum Gasteiger partial charge on any atom is 0.00697 e. The lowest BCUT2D eigenvalue weighted by Gasteiger charge is -2.14. The Hall–Kier alpha value is -0.0800. The molecule has 2 heteroatoms. The zero-order valence-electron chi connectivity index (χ0n) is 9.34. The van der Waals surface area contributed by atoms with Crippen molar-refractivity contribution in [3.05, 3.63) is 0 Å². The molecule has 0 bridgehead atoms. The predicted molar refractivity (Wildman–Crippen MR) is 58.0 cm³/mol. The fourth-order valence-corrected chi connectivity index (χ4v) is 2.09. The molecular weight excluding hydrogens is 160 g/mol. The Balaban J connectivity index is 1.94. The van der Waals surface area contributed by atoms with Crippen LogP contribution in [0.15, 0.2) is 0 Å². The Morgan fingerprint density at radius 1 is 1.31 bits per heavy atom. The van der Waals surface area contributed by atoms with Gasteiger partial charge in [-0.3, -0.25) is 0 Å². The van der Waals surface area contributed by atoms with Crippen LogP contribution in [0.1, 0.15) is 32.6 Å². The molecule has 0 aliphatic heterocycles. The zero-order valence-corrected chi connectivity index (χ0v) is 9.34. The smallest absolute Gasteiger partial charge is 0.00697 e.